The second-order valence-corrected chi connectivity index (χ2v) is 7.05. The van der Waals surface area contributed by atoms with Crippen LogP contribution in [0.1, 0.15) is 12.5 Å². The summed E-state index contributed by atoms with van der Waals surface area (Å²) in [7, 11) is 1.79. The van der Waals surface area contributed by atoms with E-state index in [2.05, 4.69) is 21.2 Å². The Morgan fingerprint density at radius 1 is 1.17 bits per heavy atom. The largest absolute Gasteiger partial charge is 0.374 e. The summed E-state index contributed by atoms with van der Waals surface area (Å²) in [5.74, 6) is -0.000934. The highest BCUT2D eigenvalue weighted by Crippen LogP contribution is 2.25. The van der Waals surface area contributed by atoms with E-state index in [1.54, 1.807) is 30.1 Å². The molecule has 122 valence electrons. The van der Waals surface area contributed by atoms with Crippen LogP contribution in [0.2, 0.25) is 10.0 Å². The van der Waals surface area contributed by atoms with Crippen molar-refractivity contribution in [1.29, 1.82) is 0 Å². The molecule has 0 aromatic heterocycles. The third-order valence-electron chi connectivity index (χ3n) is 3.38. The van der Waals surface area contributed by atoms with Gasteiger partial charge in [-0.2, -0.15) is 0 Å². The first-order valence-corrected chi connectivity index (χ1v) is 8.62. The van der Waals surface area contributed by atoms with E-state index in [1.807, 2.05) is 31.2 Å². The first kappa shape index (κ1) is 18.1. The van der Waals surface area contributed by atoms with Crippen molar-refractivity contribution in [2.75, 3.05) is 12.4 Å². The van der Waals surface area contributed by atoms with Crippen LogP contribution in [0.4, 0.5) is 5.69 Å². The molecule has 6 heteroatoms. The predicted octanol–water partition coefficient (Wildman–Crippen LogP) is 5.21. The van der Waals surface area contributed by atoms with Crippen LogP contribution in [0.15, 0.2) is 46.9 Å². The Kier molecular flexibility index (Phi) is 6.33. The van der Waals surface area contributed by atoms with E-state index in [4.69, 9.17) is 23.2 Å². The van der Waals surface area contributed by atoms with Crippen LogP contribution in [-0.4, -0.2) is 23.9 Å². The summed E-state index contributed by atoms with van der Waals surface area (Å²) in [6.07, 6.45) is 0. The Morgan fingerprint density at radius 3 is 2.43 bits per heavy atom. The number of rotatable bonds is 5. The number of halogens is 3. The first-order chi connectivity index (χ1) is 10.9. The van der Waals surface area contributed by atoms with Crippen molar-refractivity contribution in [3.05, 3.63) is 62.5 Å². The minimum atomic E-state index is -0.368. The summed E-state index contributed by atoms with van der Waals surface area (Å²) < 4.78 is 1.02. The Labute approximate surface area is 154 Å². The maximum absolute atomic E-state index is 12.5. The molecular weight excluding hydrogens is 399 g/mol. The van der Waals surface area contributed by atoms with Crippen molar-refractivity contribution in [2.45, 2.75) is 19.5 Å². The van der Waals surface area contributed by atoms with Crippen LogP contribution >= 0.6 is 39.1 Å². The lowest BCUT2D eigenvalue weighted by atomic mass is 10.2. The maximum Gasteiger partial charge on any atom is 0.244 e. The van der Waals surface area contributed by atoms with Gasteiger partial charge >= 0.3 is 0 Å². The van der Waals surface area contributed by atoms with Crippen LogP contribution in [0.5, 0.6) is 0 Å². The van der Waals surface area contributed by atoms with Crippen LogP contribution in [0.25, 0.3) is 0 Å². The number of carbonyl (C=O) groups is 1. The van der Waals surface area contributed by atoms with E-state index in [0.717, 1.165) is 15.7 Å². The van der Waals surface area contributed by atoms with Crippen molar-refractivity contribution in [1.82, 2.24) is 4.90 Å². The molecule has 0 radical (unpaired) electrons. The molecule has 1 atom stereocenters. The molecule has 0 aliphatic rings. The fourth-order valence-electron chi connectivity index (χ4n) is 2.17. The van der Waals surface area contributed by atoms with Crippen molar-refractivity contribution < 1.29 is 4.79 Å². The highest BCUT2D eigenvalue weighted by Gasteiger charge is 2.17. The molecule has 0 bridgehead atoms. The molecular formula is C17H17BrCl2N2O. The summed E-state index contributed by atoms with van der Waals surface area (Å²) in [6, 6.07) is 12.8. The lowest BCUT2D eigenvalue weighted by molar-refractivity contribution is -0.130. The van der Waals surface area contributed by atoms with Gasteiger partial charge in [-0.05, 0) is 42.8 Å². The molecule has 2 aromatic rings. The molecule has 0 aliphatic heterocycles. The molecule has 23 heavy (non-hydrogen) atoms. The Morgan fingerprint density at radius 2 is 1.83 bits per heavy atom. The number of hydrogen-bond donors (Lipinski definition) is 1. The van der Waals surface area contributed by atoms with Gasteiger partial charge in [-0.1, -0.05) is 51.3 Å². The Balaban J connectivity index is 1.97. The fourth-order valence-corrected chi connectivity index (χ4v) is 2.73. The van der Waals surface area contributed by atoms with Gasteiger partial charge in [0, 0.05) is 23.8 Å². The molecule has 1 amide bonds. The van der Waals surface area contributed by atoms with Gasteiger partial charge in [0.2, 0.25) is 5.91 Å². The molecule has 3 nitrogen and oxygen atoms in total. The number of likely N-dealkylation sites (N-methyl/N-ethyl adjacent to an activating group) is 1. The summed E-state index contributed by atoms with van der Waals surface area (Å²) in [4.78, 5) is 14.2. The average Bonchev–Trinajstić information content (AvgIpc) is 2.52. The van der Waals surface area contributed by atoms with Gasteiger partial charge in [-0.15, -0.1) is 0 Å². The topological polar surface area (TPSA) is 32.3 Å². The minimum Gasteiger partial charge on any atom is -0.374 e. The molecule has 0 heterocycles. The lowest BCUT2D eigenvalue weighted by Crippen LogP contribution is -2.38. The predicted molar refractivity (Wildman–Crippen MR) is 100 cm³/mol. The fraction of sp³-hybridized carbons (Fsp3) is 0.235. The van der Waals surface area contributed by atoms with E-state index in [9.17, 15) is 4.79 Å². The summed E-state index contributed by atoms with van der Waals surface area (Å²) in [6.45, 7) is 2.38. The molecule has 0 saturated heterocycles. The molecule has 1 N–H and O–H groups in total. The van der Waals surface area contributed by atoms with Crippen molar-refractivity contribution in [2.24, 2.45) is 0 Å². The normalized spacial score (nSPS) is 11.9. The molecule has 0 unspecified atom stereocenters. The van der Waals surface area contributed by atoms with Gasteiger partial charge in [0.1, 0.15) is 6.04 Å². The maximum atomic E-state index is 12.5. The molecule has 0 fully saturated rings. The number of nitrogens with one attached hydrogen (secondary N) is 1. The van der Waals surface area contributed by atoms with Gasteiger partial charge in [0.05, 0.1) is 10.0 Å². The van der Waals surface area contributed by atoms with Crippen LogP contribution in [-0.2, 0) is 11.3 Å². The molecule has 0 spiro atoms. The molecule has 2 aromatic carbocycles. The van der Waals surface area contributed by atoms with Crippen molar-refractivity contribution in [3.63, 3.8) is 0 Å². The van der Waals surface area contributed by atoms with Crippen LogP contribution in [0, 0.1) is 0 Å². The van der Waals surface area contributed by atoms with Crippen LogP contribution in [0.3, 0.4) is 0 Å². The van der Waals surface area contributed by atoms with Crippen molar-refractivity contribution >= 4 is 50.7 Å². The van der Waals surface area contributed by atoms with Gasteiger partial charge in [-0.25, -0.2) is 0 Å². The van der Waals surface area contributed by atoms with E-state index in [0.29, 0.717) is 16.6 Å². The highest BCUT2D eigenvalue weighted by molar-refractivity contribution is 9.10. The SMILES string of the molecule is C[C@H](Nc1ccc(Cl)c(Cl)c1)C(=O)N(C)Cc1ccc(Br)cc1. The summed E-state index contributed by atoms with van der Waals surface area (Å²) in [5, 5.41) is 4.09. The number of amides is 1. The van der Waals surface area contributed by atoms with Crippen LogP contribution < -0.4 is 5.32 Å². The van der Waals surface area contributed by atoms with Crippen molar-refractivity contribution in [3.8, 4) is 0 Å². The van der Waals surface area contributed by atoms with Gasteiger partial charge in [0.25, 0.3) is 0 Å². The lowest BCUT2D eigenvalue weighted by Gasteiger charge is -2.23. The van der Waals surface area contributed by atoms with E-state index in [1.165, 1.54) is 0 Å². The second-order valence-electron chi connectivity index (χ2n) is 5.32. The minimum absolute atomic E-state index is 0.000934. The standard InChI is InChI=1S/C17H17BrCl2N2O/c1-11(21-14-7-8-15(19)16(20)9-14)17(23)22(2)10-12-3-5-13(18)6-4-12/h3-9,11,21H,10H2,1-2H3/t11-/m0/s1. The summed E-state index contributed by atoms with van der Waals surface area (Å²) >= 11 is 15.3. The number of carbonyl (C=O) groups excluding carboxylic acids is 1. The average molecular weight is 416 g/mol. The Hall–Kier alpha value is -1.23. The third-order valence-corrected chi connectivity index (χ3v) is 4.65. The van der Waals surface area contributed by atoms with Gasteiger partial charge in [0.15, 0.2) is 0 Å². The third kappa shape index (κ3) is 5.13. The van der Waals surface area contributed by atoms with Gasteiger partial charge < -0.3 is 10.2 Å². The number of benzene rings is 2. The molecule has 2 rings (SSSR count). The van der Waals surface area contributed by atoms with E-state index in [-0.39, 0.29) is 11.9 Å². The quantitative estimate of drug-likeness (QED) is 0.726. The number of anilines is 1. The zero-order chi connectivity index (χ0) is 17.0. The second kappa shape index (κ2) is 8.04. The van der Waals surface area contributed by atoms with Gasteiger partial charge in [-0.3, -0.25) is 4.79 Å². The molecule has 0 saturated carbocycles. The first-order valence-electron chi connectivity index (χ1n) is 7.08. The zero-order valence-electron chi connectivity index (χ0n) is 12.8. The van der Waals surface area contributed by atoms with E-state index >= 15 is 0 Å². The smallest absolute Gasteiger partial charge is 0.244 e. The zero-order valence-corrected chi connectivity index (χ0v) is 15.9. The molecule has 0 aliphatic carbocycles. The number of nitrogens with zero attached hydrogens (tertiary/aromatic N) is 1. The van der Waals surface area contributed by atoms with E-state index < -0.39 is 0 Å². The monoisotopic (exact) mass is 414 g/mol. The Bertz CT molecular complexity index is 691. The number of hydrogen-bond acceptors (Lipinski definition) is 2. The summed E-state index contributed by atoms with van der Waals surface area (Å²) in [5.41, 5.74) is 1.84. The highest BCUT2D eigenvalue weighted by atomic mass is 79.9.